The summed E-state index contributed by atoms with van der Waals surface area (Å²) in [5.74, 6) is -0.284. The number of nitrogens with zero attached hydrogens (tertiary/aromatic N) is 1. The summed E-state index contributed by atoms with van der Waals surface area (Å²) in [6, 6.07) is 14.8. The van der Waals surface area contributed by atoms with Crippen LogP contribution in [0.4, 0.5) is 4.39 Å². The van der Waals surface area contributed by atoms with E-state index in [0.717, 1.165) is 0 Å². The Morgan fingerprint density at radius 1 is 1.25 bits per heavy atom. The van der Waals surface area contributed by atoms with Crippen LogP contribution in [-0.2, 0) is 6.54 Å². The summed E-state index contributed by atoms with van der Waals surface area (Å²) in [5, 5.41) is 12.1. The van der Waals surface area contributed by atoms with E-state index < -0.39 is 0 Å². The van der Waals surface area contributed by atoms with E-state index in [1.54, 1.807) is 6.07 Å². The third-order valence-electron chi connectivity index (χ3n) is 3.32. The summed E-state index contributed by atoms with van der Waals surface area (Å²) in [6.45, 7) is 4.49. The molecule has 1 atom stereocenters. The van der Waals surface area contributed by atoms with Gasteiger partial charge in [-0.3, -0.25) is 0 Å². The fraction of sp³-hybridized carbons (Fsp3) is 0.235. The molecule has 0 aliphatic carbocycles. The lowest BCUT2D eigenvalue weighted by atomic mass is 10.1. The number of aryl methyl sites for hydroxylation is 1. The standard InChI is InChI=1S/C17H17FN2/c1-12-4-3-5-15(8-12)13(2)20-11-16-9-14(10-19)6-7-17(16)18/h3-9,13,20H,11H2,1-2H3/t13-/m1/s1. The molecule has 2 rings (SSSR count). The van der Waals surface area contributed by atoms with Gasteiger partial charge in [0.2, 0.25) is 0 Å². The molecule has 0 saturated carbocycles. The minimum absolute atomic E-state index is 0.125. The van der Waals surface area contributed by atoms with Crippen molar-refractivity contribution in [3.8, 4) is 6.07 Å². The van der Waals surface area contributed by atoms with Crippen LogP contribution in [-0.4, -0.2) is 0 Å². The molecule has 0 unspecified atom stereocenters. The zero-order chi connectivity index (χ0) is 14.5. The molecule has 2 aromatic carbocycles. The van der Waals surface area contributed by atoms with Gasteiger partial charge in [0.1, 0.15) is 5.82 Å². The van der Waals surface area contributed by atoms with Crippen LogP contribution in [0.5, 0.6) is 0 Å². The quantitative estimate of drug-likeness (QED) is 0.914. The molecular weight excluding hydrogens is 251 g/mol. The van der Waals surface area contributed by atoms with Crippen LogP contribution in [0.15, 0.2) is 42.5 Å². The molecule has 0 aliphatic heterocycles. The van der Waals surface area contributed by atoms with Gasteiger partial charge < -0.3 is 5.32 Å². The van der Waals surface area contributed by atoms with Gasteiger partial charge in [-0.15, -0.1) is 0 Å². The number of hydrogen-bond donors (Lipinski definition) is 1. The molecule has 20 heavy (non-hydrogen) atoms. The summed E-state index contributed by atoms with van der Waals surface area (Å²) in [4.78, 5) is 0. The molecule has 0 aromatic heterocycles. The van der Waals surface area contributed by atoms with E-state index in [1.807, 2.05) is 38.1 Å². The van der Waals surface area contributed by atoms with E-state index in [-0.39, 0.29) is 11.9 Å². The number of rotatable bonds is 4. The Hall–Kier alpha value is -2.18. The summed E-state index contributed by atoms with van der Waals surface area (Å²) in [5.41, 5.74) is 3.37. The summed E-state index contributed by atoms with van der Waals surface area (Å²) in [6.07, 6.45) is 0. The average molecular weight is 268 g/mol. The van der Waals surface area contributed by atoms with E-state index in [0.29, 0.717) is 17.7 Å². The molecule has 0 fully saturated rings. The highest BCUT2D eigenvalue weighted by Gasteiger charge is 2.08. The van der Waals surface area contributed by atoms with E-state index in [2.05, 4.69) is 11.4 Å². The number of benzene rings is 2. The van der Waals surface area contributed by atoms with E-state index in [1.165, 1.54) is 23.3 Å². The largest absolute Gasteiger partial charge is 0.306 e. The van der Waals surface area contributed by atoms with Gasteiger partial charge in [-0.2, -0.15) is 5.26 Å². The lowest BCUT2D eigenvalue weighted by Gasteiger charge is -2.15. The first-order valence-corrected chi connectivity index (χ1v) is 6.58. The van der Waals surface area contributed by atoms with E-state index in [9.17, 15) is 4.39 Å². The van der Waals surface area contributed by atoms with Crippen molar-refractivity contribution in [2.45, 2.75) is 26.4 Å². The fourth-order valence-corrected chi connectivity index (χ4v) is 2.10. The van der Waals surface area contributed by atoms with Gasteiger partial charge in [-0.25, -0.2) is 4.39 Å². The molecule has 102 valence electrons. The van der Waals surface area contributed by atoms with Crippen molar-refractivity contribution in [1.29, 1.82) is 5.26 Å². The van der Waals surface area contributed by atoms with E-state index >= 15 is 0 Å². The summed E-state index contributed by atoms with van der Waals surface area (Å²) in [7, 11) is 0. The first-order chi connectivity index (χ1) is 9.60. The lowest BCUT2D eigenvalue weighted by Crippen LogP contribution is -2.19. The molecular formula is C17H17FN2. The molecule has 0 saturated heterocycles. The first-order valence-electron chi connectivity index (χ1n) is 6.58. The Labute approximate surface area is 118 Å². The molecule has 0 spiro atoms. The van der Waals surface area contributed by atoms with Crippen molar-refractivity contribution in [1.82, 2.24) is 5.32 Å². The number of halogens is 1. The molecule has 0 radical (unpaired) electrons. The van der Waals surface area contributed by atoms with Gasteiger partial charge in [0.05, 0.1) is 11.6 Å². The van der Waals surface area contributed by atoms with Gasteiger partial charge in [-0.1, -0.05) is 29.8 Å². The number of hydrogen-bond acceptors (Lipinski definition) is 2. The summed E-state index contributed by atoms with van der Waals surface area (Å²) >= 11 is 0. The zero-order valence-electron chi connectivity index (χ0n) is 11.7. The van der Waals surface area contributed by atoms with Crippen molar-refractivity contribution in [3.63, 3.8) is 0 Å². The highest BCUT2D eigenvalue weighted by atomic mass is 19.1. The van der Waals surface area contributed by atoms with Gasteiger partial charge in [-0.05, 0) is 37.6 Å². The molecule has 0 amide bonds. The Morgan fingerprint density at radius 3 is 2.75 bits per heavy atom. The molecule has 0 aliphatic rings. The Balaban J connectivity index is 2.07. The topological polar surface area (TPSA) is 35.8 Å². The Bertz CT molecular complexity index is 644. The maximum atomic E-state index is 13.7. The smallest absolute Gasteiger partial charge is 0.127 e. The van der Waals surface area contributed by atoms with Crippen molar-refractivity contribution in [2.24, 2.45) is 0 Å². The van der Waals surface area contributed by atoms with E-state index in [4.69, 9.17) is 5.26 Å². The minimum Gasteiger partial charge on any atom is -0.306 e. The van der Waals surface area contributed by atoms with Gasteiger partial charge in [0.15, 0.2) is 0 Å². The molecule has 0 heterocycles. The predicted molar refractivity (Wildman–Crippen MR) is 77.5 cm³/mol. The highest BCUT2D eigenvalue weighted by Crippen LogP contribution is 2.16. The van der Waals surface area contributed by atoms with Crippen LogP contribution in [0, 0.1) is 24.1 Å². The molecule has 1 N–H and O–H groups in total. The van der Waals surface area contributed by atoms with Gasteiger partial charge in [0.25, 0.3) is 0 Å². The molecule has 2 aromatic rings. The second-order valence-corrected chi connectivity index (χ2v) is 4.93. The third-order valence-corrected chi connectivity index (χ3v) is 3.32. The van der Waals surface area contributed by atoms with Crippen molar-refractivity contribution in [2.75, 3.05) is 0 Å². The van der Waals surface area contributed by atoms with Crippen LogP contribution in [0.2, 0.25) is 0 Å². The number of nitriles is 1. The second kappa shape index (κ2) is 6.31. The molecule has 0 bridgehead atoms. The Kier molecular flexibility index (Phi) is 4.49. The predicted octanol–water partition coefficient (Wildman–Crippen LogP) is 3.86. The maximum Gasteiger partial charge on any atom is 0.127 e. The summed E-state index contributed by atoms with van der Waals surface area (Å²) < 4.78 is 13.7. The second-order valence-electron chi connectivity index (χ2n) is 4.93. The fourth-order valence-electron chi connectivity index (χ4n) is 2.10. The minimum atomic E-state index is -0.284. The van der Waals surface area contributed by atoms with Crippen molar-refractivity contribution in [3.05, 3.63) is 70.5 Å². The van der Waals surface area contributed by atoms with Crippen LogP contribution < -0.4 is 5.32 Å². The van der Waals surface area contributed by atoms with Crippen LogP contribution in [0.25, 0.3) is 0 Å². The normalized spacial score (nSPS) is 11.9. The van der Waals surface area contributed by atoms with Crippen LogP contribution >= 0.6 is 0 Å². The zero-order valence-corrected chi connectivity index (χ0v) is 11.7. The van der Waals surface area contributed by atoms with Crippen molar-refractivity contribution < 1.29 is 4.39 Å². The maximum absolute atomic E-state index is 13.7. The third kappa shape index (κ3) is 3.43. The van der Waals surface area contributed by atoms with Crippen molar-refractivity contribution >= 4 is 0 Å². The Morgan fingerprint density at radius 2 is 2.05 bits per heavy atom. The van der Waals surface area contributed by atoms with Crippen LogP contribution in [0.1, 0.15) is 35.2 Å². The monoisotopic (exact) mass is 268 g/mol. The van der Waals surface area contributed by atoms with Crippen LogP contribution in [0.3, 0.4) is 0 Å². The molecule has 3 heteroatoms. The lowest BCUT2D eigenvalue weighted by molar-refractivity contribution is 0.544. The van der Waals surface area contributed by atoms with Gasteiger partial charge >= 0.3 is 0 Å². The average Bonchev–Trinajstić information content (AvgIpc) is 2.46. The highest BCUT2D eigenvalue weighted by molar-refractivity contribution is 5.34. The SMILES string of the molecule is Cc1cccc([C@@H](C)NCc2cc(C#N)ccc2F)c1. The molecule has 2 nitrogen and oxygen atoms in total. The van der Waals surface area contributed by atoms with Gasteiger partial charge in [0, 0.05) is 18.2 Å². The first kappa shape index (κ1) is 14.2. The number of nitrogens with one attached hydrogen (secondary N) is 1.